The van der Waals surface area contributed by atoms with Gasteiger partial charge in [-0.05, 0) is 6.42 Å². The van der Waals surface area contributed by atoms with Gasteiger partial charge in [-0.1, -0.05) is 13.3 Å². The van der Waals surface area contributed by atoms with E-state index in [1.807, 2.05) is 0 Å². The molecule has 0 saturated heterocycles. The Balaban J connectivity index is 0. The standard InChI is InChI=1S/C5H13O2P.Zn/c1-3-4-5-7-8(2)6;/h8H,3-5H2,1-2H3;. The second-order valence-corrected chi connectivity index (χ2v) is 2.97. The Morgan fingerprint density at radius 2 is 2.11 bits per heavy atom. The van der Waals surface area contributed by atoms with Crippen molar-refractivity contribution in [2.45, 2.75) is 19.8 Å². The number of unbranched alkanes of at least 4 members (excludes halogenated alkanes) is 1. The molecule has 2 nitrogen and oxygen atoms in total. The van der Waals surface area contributed by atoms with Crippen LogP contribution in [0.5, 0.6) is 0 Å². The first-order chi connectivity index (χ1) is 3.77. The van der Waals surface area contributed by atoms with Crippen LogP contribution in [0.1, 0.15) is 19.8 Å². The van der Waals surface area contributed by atoms with Gasteiger partial charge < -0.3 is 4.52 Å². The van der Waals surface area contributed by atoms with Gasteiger partial charge in [0.2, 0.25) is 0 Å². The maximum atomic E-state index is 10.3. The molecule has 0 aromatic carbocycles. The molecule has 0 fully saturated rings. The van der Waals surface area contributed by atoms with Crippen LogP contribution in [0, 0.1) is 0 Å². The van der Waals surface area contributed by atoms with Gasteiger partial charge >= 0.3 is 0 Å². The van der Waals surface area contributed by atoms with Crippen molar-refractivity contribution in [3.05, 3.63) is 0 Å². The Labute approximate surface area is 70.0 Å². The Hall–Kier alpha value is 0.813. The summed E-state index contributed by atoms with van der Waals surface area (Å²) in [4.78, 5) is 0. The van der Waals surface area contributed by atoms with Crippen LogP contribution >= 0.6 is 8.03 Å². The molecule has 0 heterocycles. The van der Waals surface area contributed by atoms with Gasteiger partial charge in [-0.2, -0.15) is 0 Å². The zero-order valence-corrected chi connectivity index (χ0v) is 10.1. The van der Waals surface area contributed by atoms with Gasteiger partial charge in [-0.15, -0.1) is 0 Å². The van der Waals surface area contributed by atoms with E-state index in [1.165, 1.54) is 0 Å². The molecule has 52 valence electrons. The van der Waals surface area contributed by atoms with E-state index >= 15 is 0 Å². The molecule has 4 heteroatoms. The molecule has 0 bridgehead atoms. The Morgan fingerprint density at radius 3 is 2.44 bits per heavy atom. The van der Waals surface area contributed by atoms with E-state index in [2.05, 4.69) is 6.92 Å². The van der Waals surface area contributed by atoms with Crippen LogP contribution in [0.15, 0.2) is 0 Å². The zero-order valence-electron chi connectivity index (χ0n) is 6.14. The molecule has 0 amide bonds. The van der Waals surface area contributed by atoms with E-state index in [4.69, 9.17) is 4.52 Å². The van der Waals surface area contributed by atoms with Gasteiger partial charge in [0.1, 0.15) is 0 Å². The number of hydrogen-bond donors (Lipinski definition) is 0. The molecule has 1 atom stereocenters. The maximum absolute atomic E-state index is 10.3. The minimum absolute atomic E-state index is 0. The molecule has 0 saturated carbocycles. The maximum Gasteiger partial charge on any atom is 0.188 e. The van der Waals surface area contributed by atoms with E-state index in [1.54, 1.807) is 6.66 Å². The summed E-state index contributed by atoms with van der Waals surface area (Å²) < 4.78 is 15.1. The molecule has 9 heavy (non-hydrogen) atoms. The Bertz CT molecular complexity index is 77.4. The summed E-state index contributed by atoms with van der Waals surface area (Å²) in [5.74, 6) is 0. The third-order valence-electron chi connectivity index (χ3n) is 0.803. The van der Waals surface area contributed by atoms with E-state index in [0.717, 1.165) is 12.8 Å². The van der Waals surface area contributed by atoms with Crippen molar-refractivity contribution >= 4 is 8.03 Å². The summed E-state index contributed by atoms with van der Waals surface area (Å²) >= 11 is 0. The summed E-state index contributed by atoms with van der Waals surface area (Å²) in [6.45, 7) is 4.35. The van der Waals surface area contributed by atoms with Crippen LogP contribution < -0.4 is 0 Å². The molecule has 0 aliphatic carbocycles. The van der Waals surface area contributed by atoms with Crippen LogP contribution in [0.25, 0.3) is 0 Å². The van der Waals surface area contributed by atoms with Crippen LogP contribution in [-0.2, 0) is 28.6 Å². The van der Waals surface area contributed by atoms with Crippen LogP contribution in [0.2, 0.25) is 0 Å². The summed E-state index contributed by atoms with van der Waals surface area (Å²) in [7, 11) is -1.66. The van der Waals surface area contributed by atoms with Crippen LogP contribution in [0.4, 0.5) is 0 Å². The van der Waals surface area contributed by atoms with Gasteiger partial charge in [0.05, 0.1) is 6.61 Å². The Morgan fingerprint density at radius 1 is 1.56 bits per heavy atom. The predicted octanol–water partition coefficient (Wildman–Crippen LogP) is 1.91. The van der Waals surface area contributed by atoms with E-state index < -0.39 is 8.03 Å². The van der Waals surface area contributed by atoms with Gasteiger partial charge in [0.25, 0.3) is 0 Å². The molecule has 0 aliphatic heterocycles. The molecule has 1 unspecified atom stereocenters. The molecule has 0 aliphatic rings. The molecule has 0 radical (unpaired) electrons. The summed E-state index contributed by atoms with van der Waals surface area (Å²) in [6.07, 6.45) is 2.12. The fourth-order valence-corrected chi connectivity index (χ4v) is 0.792. The van der Waals surface area contributed by atoms with Crippen LogP contribution in [-0.4, -0.2) is 13.3 Å². The quantitative estimate of drug-likeness (QED) is 0.395. The number of rotatable bonds is 4. The summed E-state index contributed by atoms with van der Waals surface area (Å²) in [6, 6.07) is 0. The van der Waals surface area contributed by atoms with E-state index in [0.29, 0.717) is 6.61 Å². The molecule has 0 aromatic heterocycles. The van der Waals surface area contributed by atoms with Crippen molar-refractivity contribution in [1.82, 2.24) is 0 Å². The first kappa shape index (κ1) is 12.5. The van der Waals surface area contributed by atoms with Gasteiger partial charge in [0.15, 0.2) is 8.03 Å². The summed E-state index contributed by atoms with van der Waals surface area (Å²) in [5.41, 5.74) is 0. The van der Waals surface area contributed by atoms with Crippen molar-refractivity contribution in [3.8, 4) is 0 Å². The van der Waals surface area contributed by atoms with Crippen molar-refractivity contribution in [3.63, 3.8) is 0 Å². The molecule has 0 spiro atoms. The minimum atomic E-state index is -1.66. The Kier molecular flexibility index (Phi) is 12.2. The van der Waals surface area contributed by atoms with Crippen molar-refractivity contribution < 1.29 is 28.6 Å². The smallest absolute Gasteiger partial charge is 0.188 e. The van der Waals surface area contributed by atoms with Crippen molar-refractivity contribution in [2.75, 3.05) is 13.3 Å². The predicted molar refractivity (Wildman–Crippen MR) is 35.8 cm³/mol. The third kappa shape index (κ3) is 12.1. The average molecular weight is 202 g/mol. The number of hydrogen-bond acceptors (Lipinski definition) is 2. The normalized spacial score (nSPS) is 12.2. The first-order valence-corrected chi connectivity index (χ1v) is 4.72. The summed E-state index contributed by atoms with van der Waals surface area (Å²) in [5, 5.41) is 0. The molecule has 0 aromatic rings. The van der Waals surface area contributed by atoms with Crippen molar-refractivity contribution in [1.29, 1.82) is 0 Å². The van der Waals surface area contributed by atoms with Crippen LogP contribution in [0.3, 0.4) is 0 Å². The van der Waals surface area contributed by atoms with Crippen molar-refractivity contribution in [2.24, 2.45) is 0 Å². The second-order valence-electron chi connectivity index (χ2n) is 1.69. The topological polar surface area (TPSA) is 26.3 Å². The monoisotopic (exact) mass is 200 g/mol. The van der Waals surface area contributed by atoms with E-state index in [9.17, 15) is 4.57 Å². The zero-order chi connectivity index (χ0) is 6.41. The first-order valence-electron chi connectivity index (χ1n) is 2.90. The largest absolute Gasteiger partial charge is 0.331 e. The van der Waals surface area contributed by atoms with E-state index in [-0.39, 0.29) is 19.5 Å². The third-order valence-corrected chi connectivity index (χ3v) is 1.41. The molecular weight excluding hydrogens is 188 g/mol. The fourth-order valence-electron chi connectivity index (χ4n) is 0.360. The van der Waals surface area contributed by atoms with Gasteiger partial charge in [-0.3, -0.25) is 4.57 Å². The van der Waals surface area contributed by atoms with Gasteiger partial charge in [0, 0.05) is 26.1 Å². The second kappa shape index (κ2) is 8.81. The molecule has 0 N–H and O–H groups in total. The minimum Gasteiger partial charge on any atom is -0.331 e. The SMILES string of the molecule is CCCCO[PH](C)=O.[Zn]. The molecular formula is C5H13O2PZn. The van der Waals surface area contributed by atoms with Gasteiger partial charge in [-0.25, -0.2) is 0 Å². The average Bonchev–Trinajstić information content (AvgIpc) is 1.66. The molecule has 0 rings (SSSR count). The fraction of sp³-hybridized carbons (Fsp3) is 1.00.